The third-order valence-corrected chi connectivity index (χ3v) is 4.33. The molecule has 27 heavy (non-hydrogen) atoms. The van der Waals surface area contributed by atoms with Crippen LogP contribution >= 0.6 is 34.8 Å². The molecule has 0 unspecified atom stereocenters. The summed E-state index contributed by atoms with van der Waals surface area (Å²) in [7, 11) is 1.56. The average Bonchev–Trinajstić information content (AvgIpc) is 2.66. The highest BCUT2D eigenvalue weighted by Crippen LogP contribution is 2.33. The van der Waals surface area contributed by atoms with Crippen molar-refractivity contribution in [3.8, 4) is 11.5 Å². The highest BCUT2D eigenvalue weighted by Gasteiger charge is 2.12. The Labute approximate surface area is 171 Å². The normalized spacial score (nSPS) is 10.2. The van der Waals surface area contributed by atoms with E-state index in [2.05, 4.69) is 5.32 Å². The summed E-state index contributed by atoms with van der Waals surface area (Å²) >= 11 is 17.6. The number of methoxy groups -OCH3 is 1. The second kappa shape index (κ2) is 10.3. The summed E-state index contributed by atoms with van der Waals surface area (Å²) in [6.07, 6.45) is 0. The van der Waals surface area contributed by atoms with Gasteiger partial charge in [-0.25, -0.2) is 4.79 Å². The van der Waals surface area contributed by atoms with E-state index in [1.165, 1.54) is 12.1 Å². The molecule has 0 atom stereocenters. The Morgan fingerprint density at radius 3 is 2.48 bits per heavy atom. The van der Waals surface area contributed by atoms with E-state index < -0.39 is 25.1 Å². The largest absolute Gasteiger partial charge is 0.497 e. The number of halogens is 3. The molecule has 0 saturated heterocycles. The molecule has 0 fully saturated rings. The van der Waals surface area contributed by atoms with Gasteiger partial charge >= 0.3 is 5.97 Å². The molecule has 0 spiro atoms. The van der Waals surface area contributed by atoms with Crippen molar-refractivity contribution in [2.45, 2.75) is 6.54 Å². The van der Waals surface area contributed by atoms with Gasteiger partial charge in [-0.3, -0.25) is 4.79 Å². The Bertz CT molecular complexity index is 829. The summed E-state index contributed by atoms with van der Waals surface area (Å²) in [6, 6.07) is 10.0. The zero-order chi connectivity index (χ0) is 19.8. The highest BCUT2D eigenvalue weighted by atomic mass is 35.5. The van der Waals surface area contributed by atoms with Crippen molar-refractivity contribution in [1.29, 1.82) is 0 Å². The first-order chi connectivity index (χ1) is 12.9. The second-order valence-corrected chi connectivity index (χ2v) is 6.50. The van der Waals surface area contributed by atoms with Gasteiger partial charge in [-0.15, -0.1) is 0 Å². The minimum Gasteiger partial charge on any atom is -0.497 e. The number of nitrogens with one attached hydrogen (secondary N) is 1. The molecule has 2 rings (SSSR count). The summed E-state index contributed by atoms with van der Waals surface area (Å²) in [5.41, 5.74) is 0.853. The third kappa shape index (κ3) is 6.82. The highest BCUT2D eigenvalue weighted by molar-refractivity contribution is 6.43. The van der Waals surface area contributed by atoms with Crippen molar-refractivity contribution < 1.29 is 23.8 Å². The van der Waals surface area contributed by atoms with Crippen molar-refractivity contribution in [3.63, 3.8) is 0 Å². The van der Waals surface area contributed by atoms with Crippen LogP contribution in [0, 0.1) is 0 Å². The van der Waals surface area contributed by atoms with Crippen molar-refractivity contribution in [3.05, 3.63) is 57.0 Å². The van der Waals surface area contributed by atoms with Crippen molar-refractivity contribution >= 4 is 46.7 Å². The lowest BCUT2D eigenvalue weighted by Gasteiger charge is -2.10. The van der Waals surface area contributed by atoms with Crippen LogP contribution in [-0.4, -0.2) is 32.2 Å². The Balaban J connectivity index is 1.73. The molecule has 6 nitrogen and oxygen atoms in total. The number of rotatable bonds is 8. The topological polar surface area (TPSA) is 73.9 Å². The molecule has 0 bridgehead atoms. The molecule has 144 valence electrons. The lowest BCUT2D eigenvalue weighted by atomic mass is 10.2. The molecule has 0 aromatic heterocycles. The Kier molecular flexibility index (Phi) is 8.03. The van der Waals surface area contributed by atoms with Crippen LogP contribution in [-0.2, 0) is 20.9 Å². The van der Waals surface area contributed by atoms with Crippen LogP contribution in [0.3, 0.4) is 0 Å². The van der Waals surface area contributed by atoms with Gasteiger partial charge in [0, 0.05) is 12.6 Å². The molecule has 0 aliphatic rings. The Hall–Kier alpha value is -2.15. The van der Waals surface area contributed by atoms with Crippen LogP contribution in [0.2, 0.25) is 15.1 Å². The van der Waals surface area contributed by atoms with Gasteiger partial charge in [0.05, 0.1) is 22.2 Å². The number of carbonyl (C=O) groups excluding carboxylic acids is 2. The number of benzene rings is 2. The minimum atomic E-state index is -0.728. The van der Waals surface area contributed by atoms with Crippen LogP contribution in [0.5, 0.6) is 11.5 Å². The Morgan fingerprint density at radius 2 is 1.74 bits per heavy atom. The maximum absolute atomic E-state index is 11.8. The van der Waals surface area contributed by atoms with Crippen LogP contribution in [0.25, 0.3) is 0 Å². The zero-order valence-corrected chi connectivity index (χ0v) is 16.5. The van der Waals surface area contributed by atoms with E-state index in [4.69, 9.17) is 49.0 Å². The number of esters is 1. The Morgan fingerprint density at radius 1 is 1.00 bits per heavy atom. The van der Waals surface area contributed by atoms with Gasteiger partial charge in [0.25, 0.3) is 5.91 Å². The lowest BCUT2D eigenvalue weighted by Crippen LogP contribution is -2.29. The quantitative estimate of drug-likeness (QED) is 0.506. The van der Waals surface area contributed by atoms with Gasteiger partial charge in [-0.1, -0.05) is 46.9 Å². The van der Waals surface area contributed by atoms with Gasteiger partial charge in [-0.05, 0) is 23.8 Å². The van der Waals surface area contributed by atoms with E-state index in [0.29, 0.717) is 5.75 Å². The molecule has 2 aromatic rings. The fourth-order valence-corrected chi connectivity index (χ4v) is 2.56. The third-order valence-electron chi connectivity index (χ3n) is 3.31. The molecule has 0 radical (unpaired) electrons. The van der Waals surface area contributed by atoms with Gasteiger partial charge in [0.15, 0.2) is 13.2 Å². The second-order valence-electron chi connectivity index (χ2n) is 5.27. The summed E-state index contributed by atoms with van der Waals surface area (Å²) in [4.78, 5) is 23.5. The van der Waals surface area contributed by atoms with E-state index >= 15 is 0 Å². The van der Waals surface area contributed by atoms with E-state index in [1.807, 2.05) is 12.1 Å². The van der Waals surface area contributed by atoms with Gasteiger partial charge in [0.1, 0.15) is 11.5 Å². The molecule has 2 aromatic carbocycles. The van der Waals surface area contributed by atoms with E-state index in [1.54, 1.807) is 19.2 Å². The van der Waals surface area contributed by atoms with Gasteiger partial charge in [-0.2, -0.15) is 0 Å². The number of hydrogen-bond donors (Lipinski definition) is 1. The maximum atomic E-state index is 11.8. The van der Waals surface area contributed by atoms with E-state index in [-0.39, 0.29) is 27.4 Å². The van der Waals surface area contributed by atoms with Crippen LogP contribution in [0.1, 0.15) is 5.56 Å². The zero-order valence-electron chi connectivity index (χ0n) is 14.3. The van der Waals surface area contributed by atoms with E-state index in [0.717, 1.165) is 5.56 Å². The van der Waals surface area contributed by atoms with Crippen LogP contribution < -0.4 is 14.8 Å². The number of hydrogen-bond acceptors (Lipinski definition) is 5. The fourth-order valence-electron chi connectivity index (χ4n) is 1.97. The molecular weight excluding hydrogens is 417 g/mol. The molecule has 1 amide bonds. The van der Waals surface area contributed by atoms with Crippen molar-refractivity contribution in [2.24, 2.45) is 0 Å². The fraction of sp³-hybridized carbons (Fsp3) is 0.222. The predicted octanol–water partition coefficient (Wildman–Crippen LogP) is 3.89. The summed E-state index contributed by atoms with van der Waals surface area (Å²) in [5, 5.41) is 3.34. The number of amides is 1. The monoisotopic (exact) mass is 431 g/mol. The van der Waals surface area contributed by atoms with Crippen LogP contribution in [0.4, 0.5) is 0 Å². The maximum Gasteiger partial charge on any atom is 0.344 e. The summed E-state index contributed by atoms with van der Waals surface area (Å²) in [6.45, 7) is -0.578. The van der Waals surface area contributed by atoms with Crippen LogP contribution in [0.15, 0.2) is 36.4 Å². The lowest BCUT2D eigenvalue weighted by molar-refractivity contribution is -0.150. The molecule has 0 heterocycles. The summed E-state index contributed by atoms with van der Waals surface area (Å²) < 4.78 is 15.2. The molecule has 0 aliphatic carbocycles. The van der Waals surface area contributed by atoms with E-state index in [9.17, 15) is 9.59 Å². The van der Waals surface area contributed by atoms with Crippen molar-refractivity contribution in [1.82, 2.24) is 5.32 Å². The number of carbonyl (C=O) groups is 2. The first-order valence-corrected chi connectivity index (χ1v) is 8.85. The predicted molar refractivity (Wildman–Crippen MR) is 103 cm³/mol. The smallest absolute Gasteiger partial charge is 0.344 e. The first-order valence-electron chi connectivity index (χ1n) is 7.71. The van der Waals surface area contributed by atoms with Gasteiger partial charge in [0.2, 0.25) is 0 Å². The molecular formula is C18H16Cl3NO5. The number of ether oxygens (including phenoxy) is 3. The van der Waals surface area contributed by atoms with Crippen molar-refractivity contribution in [2.75, 3.05) is 20.3 Å². The standard InChI is InChI=1S/C18H16Cl3NO5/c1-25-12-4-2-3-11(5-12)8-22-17(23)9-27-18(24)10-26-16-7-14(20)13(19)6-15(16)21/h2-7H,8-10H2,1H3,(H,22,23). The average molecular weight is 433 g/mol. The first kappa shape index (κ1) is 21.2. The summed E-state index contributed by atoms with van der Waals surface area (Å²) in [5.74, 6) is -0.302. The molecule has 1 N–H and O–H groups in total. The van der Waals surface area contributed by atoms with Gasteiger partial charge < -0.3 is 19.5 Å². The molecule has 0 saturated carbocycles. The SMILES string of the molecule is COc1cccc(CNC(=O)COC(=O)COc2cc(Cl)c(Cl)cc2Cl)c1. The minimum absolute atomic E-state index is 0.186. The molecule has 9 heteroatoms. The molecule has 0 aliphatic heterocycles.